The van der Waals surface area contributed by atoms with Crippen molar-refractivity contribution < 1.29 is 9.52 Å². The SMILES string of the molecule is CCc1ccc(-c2ccc(C(O)c3cc4cc(-c5ccc(CC)cc5)ccc4o3)cc2)cc1. The van der Waals surface area contributed by atoms with Crippen LogP contribution in [0, 0.1) is 0 Å². The number of aliphatic hydroxyl groups excluding tert-OH is 1. The second kappa shape index (κ2) is 9.09. The normalized spacial score (nSPS) is 12.2. The molecular formula is C31H28O2. The zero-order chi connectivity index (χ0) is 22.8. The van der Waals surface area contributed by atoms with Crippen LogP contribution in [0.3, 0.4) is 0 Å². The molecule has 1 N–H and O–H groups in total. The fourth-order valence-corrected chi connectivity index (χ4v) is 4.27. The van der Waals surface area contributed by atoms with Crippen LogP contribution < -0.4 is 0 Å². The van der Waals surface area contributed by atoms with Gasteiger partial charge in [-0.05, 0) is 70.0 Å². The first kappa shape index (κ1) is 21.2. The van der Waals surface area contributed by atoms with E-state index in [1.54, 1.807) is 0 Å². The van der Waals surface area contributed by atoms with Gasteiger partial charge in [-0.2, -0.15) is 0 Å². The molecule has 0 bridgehead atoms. The molecule has 1 aromatic heterocycles. The van der Waals surface area contributed by atoms with Crippen molar-refractivity contribution in [3.63, 3.8) is 0 Å². The molecule has 0 saturated carbocycles. The minimum atomic E-state index is -0.804. The quantitative estimate of drug-likeness (QED) is 0.295. The minimum Gasteiger partial charge on any atom is -0.458 e. The molecule has 1 unspecified atom stereocenters. The van der Waals surface area contributed by atoms with Gasteiger partial charge in [-0.3, -0.25) is 0 Å². The molecule has 4 aromatic carbocycles. The number of aryl methyl sites for hydroxylation is 2. The monoisotopic (exact) mass is 432 g/mol. The van der Waals surface area contributed by atoms with Gasteiger partial charge in [0.2, 0.25) is 0 Å². The first-order valence-corrected chi connectivity index (χ1v) is 11.6. The van der Waals surface area contributed by atoms with Crippen LogP contribution in [-0.2, 0) is 12.8 Å². The Labute approximate surface area is 195 Å². The Morgan fingerprint density at radius 3 is 1.64 bits per heavy atom. The predicted molar refractivity (Wildman–Crippen MR) is 136 cm³/mol. The number of furan rings is 1. The van der Waals surface area contributed by atoms with Crippen LogP contribution in [0.1, 0.15) is 42.4 Å². The Bertz CT molecular complexity index is 1360. The molecule has 5 rings (SSSR count). The first-order chi connectivity index (χ1) is 16.1. The largest absolute Gasteiger partial charge is 0.458 e. The zero-order valence-electron chi connectivity index (χ0n) is 19.1. The maximum atomic E-state index is 11.0. The molecule has 0 spiro atoms. The molecule has 1 atom stereocenters. The van der Waals surface area contributed by atoms with E-state index in [2.05, 4.69) is 86.6 Å². The van der Waals surface area contributed by atoms with Crippen LogP contribution in [0.2, 0.25) is 0 Å². The second-order valence-corrected chi connectivity index (χ2v) is 8.53. The van der Waals surface area contributed by atoms with Gasteiger partial charge in [0.1, 0.15) is 17.4 Å². The van der Waals surface area contributed by atoms with Gasteiger partial charge in [0, 0.05) is 5.39 Å². The lowest BCUT2D eigenvalue weighted by Crippen LogP contribution is -1.97. The van der Waals surface area contributed by atoms with Crippen molar-refractivity contribution in [1.29, 1.82) is 0 Å². The van der Waals surface area contributed by atoms with Crippen molar-refractivity contribution in [2.24, 2.45) is 0 Å². The molecule has 2 nitrogen and oxygen atoms in total. The lowest BCUT2D eigenvalue weighted by molar-refractivity contribution is 0.192. The van der Waals surface area contributed by atoms with Crippen LogP contribution >= 0.6 is 0 Å². The van der Waals surface area contributed by atoms with Gasteiger partial charge in [0.05, 0.1) is 0 Å². The van der Waals surface area contributed by atoms with Crippen LogP contribution in [0.15, 0.2) is 101 Å². The Morgan fingerprint density at radius 2 is 1.09 bits per heavy atom. The summed E-state index contributed by atoms with van der Waals surface area (Å²) >= 11 is 0. The maximum absolute atomic E-state index is 11.0. The van der Waals surface area contributed by atoms with Crippen molar-refractivity contribution >= 4 is 11.0 Å². The van der Waals surface area contributed by atoms with Gasteiger partial charge >= 0.3 is 0 Å². The highest BCUT2D eigenvalue weighted by atomic mass is 16.4. The van der Waals surface area contributed by atoms with E-state index in [0.717, 1.165) is 40.5 Å². The highest BCUT2D eigenvalue weighted by Crippen LogP contribution is 2.32. The lowest BCUT2D eigenvalue weighted by Gasteiger charge is -2.09. The summed E-state index contributed by atoms with van der Waals surface area (Å²) in [6.07, 6.45) is 1.27. The number of hydrogen-bond donors (Lipinski definition) is 1. The summed E-state index contributed by atoms with van der Waals surface area (Å²) in [4.78, 5) is 0. The summed E-state index contributed by atoms with van der Waals surface area (Å²) in [6, 6.07) is 33.5. The molecule has 1 heterocycles. The molecule has 0 amide bonds. The van der Waals surface area contributed by atoms with Gasteiger partial charge in [-0.25, -0.2) is 0 Å². The molecule has 5 aromatic rings. The van der Waals surface area contributed by atoms with Gasteiger partial charge < -0.3 is 9.52 Å². The summed E-state index contributed by atoms with van der Waals surface area (Å²) in [7, 11) is 0. The molecule has 0 saturated heterocycles. The average molecular weight is 433 g/mol. The van der Waals surface area contributed by atoms with Gasteiger partial charge in [0.15, 0.2) is 0 Å². The van der Waals surface area contributed by atoms with Crippen molar-refractivity contribution in [1.82, 2.24) is 0 Å². The van der Waals surface area contributed by atoms with Crippen LogP contribution in [0.4, 0.5) is 0 Å². The zero-order valence-corrected chi connectivity index (χ0v) is 19.1. The van der Waals surface area contributed by atoms with E-state index in [1.165, 1.54) is 22.3 Å². The average Bonchev–Trinajstić information content (AvgIpc) is 3.32. The molecular weight excluding hydrogens is 404 g/mol. The lowest BCUT2D eigenvalue weighted by atomic mass is 9.99. The van der Waals surface area contributed by atoms with Crippen molar-refractivity contribution in [2.75, 3.05) is 0 Å². The van der Waals surface area contributed by atoms with Gasteiger partial charge in [-0.15, -0.1) is 0 Å². The Hall–Kier alpha value is -3.62. The summed E-state index contributed by atoms with van der Waals surface area (Å²) in [6.45, 7) is 4.32. The van der Waals surface area contributed by atoms with E-state index < -0.39 is 6.10 Å². The highest BCUT2D eigenvalue weighted by Gasteiger charge is 2.16. The molecule has 0 fully saturated rings. The Morgan fingerprint density at radius 1 is 0.606 bits per heavy atom. The molecule has 0 radical (unpaired) electrons. The summed E-state index contributed by atoms with van der Waals surface area (Å²) in [5.74, 6) is 0.559. The predicted octanol–water partition coefficient (Wildman–Crippen LogP) is 7.97. The van der Waals surface area contributed by atoms with E-state index >= 15 is 0 Å². The summed E-state index contributed by atoms with van der Waals surface area (Å²) < 4.78 is 6.00. The highest BCUT2D eigenvalue weighted by molar-refractivity contribution is 5.84. The van der Waals surface area contributed by atoms with Gasteiger partial charge in [-0.1, -0.05) is 92.7 Å². The number of rotatable bonds is 6. The number of benzene rings is 4. The molecule has 0 aliphatic carbocycles. The molecule has 2 heteroatoms. The molecule has 164 valence electrons. The number of fused-ring (bicyclic) bond motifs is 1. The first-order valence-electron chi connectivity index (χ1n) is 11.6. The van der Waals surface area contributed by atoms with E-state index in [9.17, 15) is 5.11 Å². The van der Waals surface area contributed by atoms with E-state index in [-0.39, 0.29) is 0 Å². The summed E-state index contributed by atoms with van der Waals surface area (Å²) in [5, 5.41) is 12.0. The van der Waals surface area contributed by atoms with Crippen LogP contribution in [-0.4, -0.2) is 5.11 Å². The standard InChI is InChI=1S/C31H28O2/c1-3-21-5-9-23(10-6-21)24-13-15-26(16-14-24)31(32)30-20-28-19-27(17-18-29(28)33-30)25-11-7-22(4-2)8-12-25/h5-20,31-32H,3-4H2,1-2H3. The molecule has 0 aliphatic rings. The third kappa shape index (κ3) is 4.35. The topological polar surface area (TPSA) is 33.4 Å². The smallest absolute Gasteiger partial charge is 0.138 e. The third-order valence-electron chi connectivity index (χ3n) is 6.42. The van der Waals surface area contributed by atoms with Crippen molar-refractivity contribution in [2.45, 2.75) is 32.8 Å². The number of aliphatic hydroxyl groups is 1. The van der Waals surface area contributed by atoms with Gasteiger partial charge in [0.25, 0.3) is 0 Å². The van der Waals surface area contributed by atoms with Crippen LogP contribution in [0.5, 0.6) is 0 Å². The molecule has 33 heavy (non-hydrogen) atoms. The Balaban J connectivity index is 1.38. The molecule has 0 aliphatic heterocycles. The summed E-state index contributed by atoms with van der Waals surface area (Å²) in [5.41, 5.74) is 8.90. The van der Waals surface area contributed by atoms with Crippen molar-refractivity contribution in [3.8, 4) is 22.3 Å². The van der Waals surface area contributed by atoms with Crippen molar-refractivity contribution in [3.05, 3.63) is 120 Å². The maximum Gasteiger partial charge on any atom is 0.138 e. The third-order valence-corrected chi connectivity index (χ3v) is 6.42. The second-order valence-electron chi connectivity index (χ2n) is 8.53. The van der Waals surface area contributed by atoms with E-state index in [1.807, 2.05) is 24.3 Å². The Kier molecular flexibility index (Phi) is 5.85. The fraction of sp³-hybridized carbons (Fsp3) is 0.161. The number of hydrogen-bond acceptors (Lipinski definition) is 2. The van der Waals surface area contributed by atoms with E-state index in [0.29, 0.717) is 5.76 Å². The minimum absolute atomic E-state index is 0.559. The fourth-order valence-electron chi connectivity index (χ4n) is 4.27. The van der Waals surface area contributed by atoms with E-state index in [4.69, 9.17) is 4.42 Å². The van der Waals surface area contributed by atoms with Crippen LogP contribution in [0.25, 0.3) is 33.2 Å².